The summed E-state index contributed by atoms with van der Waals surface area (Å²) < 4.78 is 26.2. The first-order chi connectivity index (χ1) is 9.46. The van der Waals surface area contributed by atoms with Crippen LogP contribution >= 0.6 is 11.6 Å². The number of allylic oxidation sites excluding steroid dienone is 1. The van der Waals surface area contributed by atoms with E-state index < -0.39 is 10.0 Å². The van der Waals surface area contributed by atoms with Gasteiger partial charge in [0.15, 0.2) is 0 Å². The lowest BCUT2D eigenvalue weighted by Crippen LogP contribution is -2.37. The Kier molecular flexibility index (Phi) is 6.70. The molecule has 5 nitrogen and oxygen atoms in total. The van der Waals surface area contributed by atoms with Crippen molar-refractivity contribution in [1.29, 1.82) is 0 Å². The van der Waals surface area contributed by atoms with Gasteiger partial charge < -0.3 is 4.90 Å². The van der Waals surface area contributed by atoms with Crippen molar-refractivity contribution in [2.24, 2.45) is 0 Å². The molecule has 1 amide bonds. The molecule has 0 fully saturated rings. The van der Waals surface area contributed by atoms with Gasteiger partial charge in [-0.25, -0.2) is 8.42 Å². The molecule has 7 heteroatoms. The molecule has 0 saturated carbocycles. The zero-order chi connectivity index (χ0) is 15.0. The molecule has 0 aliphatic heterocycles. The Bertz CT molecular complexity index is 573. The SMILES string of the molecule is C/C=C\CN(C=O)CNS(=O)(=O)Cc1cccc(Cl)c1. The van der Waals surface area contributed by atoms with Gasteiger partial charge in [-0.2, -0.15) is 4.72 Å². The highest BCUT2D eigenvalue weighted by molar-refractivity contribution is 7.88. The molecule has 0 bridgehead atoms. The number of carbonyl (C=O) groups is 1. The average molecular weight is 317 g/mol. The number of carbonyl (C=O) groups excluding carboxylic acids is 1. The fourth-order valence-electron chi connectivity index (χ4n) is 1.46. The number of nitrogens with one attached hydrogen (secondary N) is 1. The number of nitrogens with zero attached hydrogens (tertiary/aromatic N) is 1. The number of hydrogen-bond acceptors (Lipinski definition) is 3. The maximum Gasteiger partial charge on any atom is 0.217 e. The molecular formula is C13H17ClN2O3S. The molecule has 20 heavy (non-hydrogen) atoms. The van der Waals surface area contributed by atoms with Gasteiger partial charge >= 0.3 is 0 Å². The van der Waals surface area contributed by atoms with E-state index in [4.69, 9.17) is 11.6 Å². The number of hydrogen-bond donors (Lipinski definition) is 1. The van der Waals surface area contributed by atoms with Crippen molar-refractivity contribution >= 4 is 28.0 Å². The Balaban J connectivity index is 2.59. The Morgan fingerprint density at radius 2 is 2.15 bits per heavy atom. The fourth-order valence-corrected chi connectivity index (χ4v) is 2.76. The second-order valence-electron chi connectivity index (χ2n) is 4.14. The molecule has 0 aliphatic carbocycles. The van der Waals surface area contributed by atoms with Crippen LogP contribution in [0.15, 0.2) is 36.4 Å². The monoisotopic (exact) mass is 316 g/mol. The second kappa shape index (κ2) is 8.04. The summed E-state index contributed by atoms with van der Waals surface area (Å²) >= 11 is 5.80. The lowest BCUT2D eigenvalue weighted by atomic mass is 10.2. The normalized spacial score (nSPS) is 11.7. The van der Waals surface area contributed by atoms with Gasteiger partial charge in [0, 0.05) is 11.6 Å². The van der Waals surface area contributed by atoms with E-state index in [2.05, 4.69) is 4.72 Å². The van der Waals surface area contributed by atoms with Crippen LogP contribution in [-0.2, 0) is 20.6 Å². The summed E-state index contributed by atoms with van der Waals surface area (Å²) in [6.45, 7) is 2.13. The summed E-state index contributed by atoms with van der Waals surface area (Å²) in [5, 5.41) is 0.486. The van der Waals surface area contributed by atoms with Crippen LogP contribution in [-0.4, -0.2) is 32.9 Å². The maximum absolute atomic E-state index is 11.9. The van der Waals surface area contributed by atoms with E-state index in [1.54, 1.807) is 36.4 Å². The molecule has 0 atom stereocenters. The average Bonchev–Trinajstić information content (AvgIpc) is 2.38. The van der Waals surface area contributed by atoms with Crippen LogP contribution in [0.1, 0.15) is 12.5 Å². The molecule has 0 heterocycles. The van der Waals surface area contributed by atoms with Gasteiger partial charge in [0.1, 0.15) is 0 Å². The largest absolute Gasteiger partial charge is 0.328 e. The zero-order valence-corrected chi connectivity index (χ0v) is 12.7. The summed E-state index contributed by atoms with van der Waals surface area (Å²) in [5.41, 5.74) is 0.594. The highest BCUT2D eigenvalue weighted by atomic mass is 35.5. The van der Waals surface area contributed by atoms with Crippen LogP contribution in [0.3, 0.4) is 0 Å². The van der Waals surface area contributed by atoms with Crippen molar-refractivity contribution in [1.82, 2.24) is 9.62 Å². The van der Waals surface area contributed by atoms with E-state index >= 15 is 0 Å². The van der Waals surface area contributed by atoms with Crippen LogP contribution in [0.25, 0.3) is 0 Å². The van der Waals surface area contributed by atoms with Crippen molar-refractivity contribution in [3.05, 3.63) is 47.0 Å². The van der Waals surface area contributed by atoms with E-state index in [-0.39, 0.29) is 12.4 Å². The molecule has 1 aromatic rings. The second-order valence-corrected chi connectivity index (χ2v) is 6.38. The first kappa shape index (κ1) is 16.7. The minimum absolute atomic E-state index is 0.0588. The Morgan fingerprint density at radius 3 is 2.75 bits per heavy atom. The van der Waals surface area contributed by atoms with Gasteiger partial charge in [0.05, 0.1) is 12.4 Å². The summed E-state index contributed by atoms with van der Waals surface area (Å²) in [6.07, 6.45) is 4.15. The third kappa shape index (κ3) is 6.18. The van der Waals surface area contributed by atoms with Crippen molar-refractivity contribution in [2.45, 2.75) is 12.7 Å². The Labute approximate surface area is 124 Å². The molecule has 0 aromatic heterocycles. The predicted molar refractivity (Wildman–Crippen MR) is 79.7 cm³/mol. The lowest BCUT2D eigenvalue weighted by molar-refractivity contribution is -0.117. The quantitative estimate of drug-likeness (QED) is 0.451. The van der Waals surface area contributed by atoms with Crippen LogP contribution in [0.5, 0.6) is 0 Å². The van der Waals surface area contributed by atoms with Gasteiger partial charge in [-0.05, 0) is 24.6 Å². The standard InChI is InChI=1S/C13H17ClN2O3S/c1-2-3-7-16(11-17)10-15-20(18,19)9-12-5-4-6-13(14)8-12/h2-6,8,11,15H,7,9-10H2,1H3/b3-2-. The van der Waals surface area contributed by atoms with Crippen molar-refractivity contribution < 1.29 is 13.2 Å². The molecule has 0 unspecified atom stereocenters. The lowest BCUT2D eigenvalue weighted by Gasteiger charge is -2.16. The van der Waals surface area contributed by atoms with Gasteiger partial charge in [-0.15, -0.1) is 0 Å². The molecule has 110 valence electrons. The van der Waals surface area contributed by atoms with E-state index in [0.717, 1.165) is 0 Å². The summed E-state index contributed by atoms with van der Waals surface area (Å²) in [6, 6.07) is 6.65. The summed E-state index contributed by atoms with van der Waals surface area (Å²) in [4.78, 5) is 12.1. The van der Waals surface area contributed by atoms with Gasteiger partial charge in [-0.1, -0.05) is 35.9 Å². The van der Waals surface area contributed by atoms with Crippen LogP contribution in [0, 0.1) is 0 Å². The summed E-state index contributed by atoms with van der Waals surface area (Å²) in [5.74, 6) is -0.177. The minimum atomic E-state index is -3.51. The zero-order valence-electron chi connectivity index (χ0n) is 11.1. The van der Waals surface area contributed by atoms with Crippen LogP contribution in [0.2, 0.25) is 5.02 Å². The van der Waals surface area contributed by atoms with E-state index in [9.17, 15) is 13.2 Å². The maximum atomic E-state index is 11.9. The highest BCUT2D eigenvalue weighted by Crippen LogP contribution is 2.12. The van der Waals surface area contributed by atoms with E-state index in [1.807, 2.05) is 6.92 Å². The number of sulfonamides is 1. The molecule has 1 rings (SSSR count). The molecule has 1 N–H and O–H groups in total. The van der Waals surface area contributed by atoms with Crippen LogP contribution < -0.4 is 4.72 Å². The smallest absolute Gasteiger partial charge is 0.217 e. The molecule has 0 saturated heterocycles. The van der Waals surface area contributed by atoms with Gasteiger partial charge in [0.2, 0.25) is 16.4 Å². The number of benzene rings is 1. The third-order valence-corrected chi connectivity index (χ3v) is 3.98. The summed E-state index contributed by atoms with van der Waals surface area (Å²) in [7, 11) is -3.51. The molecule has 0 spiro atoms. The third-order valence-electron chi connectivity index (χ3n) is 2.46. The van der Waals surface area contributed by atoms with E-state index in [1.165, 1.54) is 4.90 Å². The molecule has 1 aromatic carbocycles. The first-order valence-corrected chi connectivity index (χ1v) is 8.02. The van der Waals surface area contributed by atoms with Gasteiger partial charge in [-0.3, -0.25) is 4.79 Å². The van der Waals surface area contributed by atoms with E-state index in [0.29, 0.717) is 23.5 Å². The van der Waals surface area contributed by atoms with Gasteiger partial charge in [0.25, 0.3) is 0 Å². The van der Waals surface area contributed by atoms with Crippen molar-refractivity contribution in [2.75, 3.05) is 13.2 Å². The molecular weight excluding hydrogens is 300 g/mol. The number of rotatable bonds is 8. The molecule has 0 radical (unpaired) electrons. The first-order valence-electron chi connectivity index (χ1n) is 5.99. The molecule has 0 aliphatic rings. The van der Waals surface area contributed by atoms with Crippen molar-refractivity contribution in [3.63, 3.8) is 0 Å². The van der Waals surface area contributed by atoms with Crippen molar-refractivity contribution in [3.8, 4) is 0 Å². The van der Waals surface area contributed by atoms with Crippen LogP contribution in [0.4, 0.5) is 0 Å². The predicted octanol–water partition coefficient (Wildman–Crippen LogP) is 1.75. The minimum Gasteiger partial charge on any atom is -0.328 e. The topological polar surface area (TPSA) is 66.5 Å². The Morgan fingerprint density at radius 1 is 1.40 bits per heavy atom. The number of halogens is 1. The fraction of sp³-hybridized carbons (Fsp3) is 0.308. The Hall–Kier alpha value is -1.37. The number of amides is 1. The highest BCUT2D eigenvalue weighted by Gasteiger charge is 2.12.